The highest BCUT2D eigenvalue weighted by Gasteiger charge is 2.23. The molecule has 1 atom stereocenters. The molecule has 1 saturated heterocycles. The summed E-state index contributed by atoms with van der Waals surface area (Å²) in [6.45, 7) is 7.45. The van der Waals surface area contributed by atoms with E-state index in [-0.39, 0.29) is 11.8 Å². The van der Waals surface area contributed by atoms with Gasteiger partial charge in [-0.05, 0) is 55.9 Å². The van der Waals surface area contributed by atoms with Crippen molar-refractivity contribution in [2.75, 3.05) is 18.4 Å². The van der Waals surface area contributed by atoms with Crippen LogP contribution < -0.4 is 10.1 Å². The smallest absolute Gasteiger partial charge is 0.265 e. The van der Waals surface area contributed by atoms with E-state index in [2.05, 4.69) is 19.2 Å². The maximum atomic E-state index is 12.9. The zero-order valence-corrected chi connectivity index (χ0v) is 17.5. The highest BCUT2D eigenvalue weighted by molar-refractivity contribution is 6.04. The van der Waals surface area contributed by atoms with Gasteiger partial charge in [0.2, 0.25) is 0 Å². The number of hydrogen-bond donors (Lipinski definition) is 1. The van der Waals surface area contributed by atoms with Crippen LogP contribution in [-0.2, 0) is 4.79 Å². The van der Waals surface area contributed by atoms with Gasteiger partial charge in [0.1, 0.15) is 5.75 Å². The van der Waals surface area contributed by atoms with E-state index >= 15 is 0 Å². The summed E-state index contributed by atoms with van der Waals surface area (Å²) in [5, 5.41) is 2.89. The lowest BCUT2D eigenvalue weighted by Crippen LogP contribution is -2.36. The summed E-state index contributed by atoms with van der Waals surface area (Å²) in [4.78, 5) is 27.6. The number of amides is 2. The van der Waals surface area contributed by atoms with Crippen molar-refractivity contribution in [1.29, 1.82) is 0 Å². The summed E-state index contributed by atoms with van der Waals surface area (Å²) in [6, 6.07) is 14.9. The minimum absolute atomic E-state index is 0.0284. The highest BCUT2D eigenvalue weighted by Crippen LogP contribution is 2.27. The summed E-state index contributed by atoms with van der Waals surface area (Å²) in [5.74, 6) is 0.703. The van der Waals surface area contributed by atoms with Crippen LogP contribution in [-0.4, -0.2) is 35.9 Å². The molecular weight excluding hydrogens is 364 g/mol. The maximum absolute atomic E-state index is 12.9. The Balaban J connectivity index is 1.71. The number of anilines is 1. The second kappa shape index (κ2) is 9.59. The van der Waals surface area contributed by atoms with Crippen molar-refractivity contribution in [2.24, 2.45) is 0 Å². The van der Waals surface area contributed by atoms with E-state index < -0.39 is 6.10 Å². The van der Waals surface area contributed by atoms with E-state index in [0.717, 1.165) is 37.9 Å². The molecule has 0 unspecified atom stereocenters. The number of carbonyl (C=O) groups is 2. The second-order valence-corrected chi connectivity index (χ2v) is 7.84. The number of rotatable bonds is 6. The molecule has 0 radical (unpaired) electrons. The zero-order chi connectivity index (χ0) is 20.8. The van der Waals surface area contributed by atoms with Gasteiger partial charge in [0, 0.05) is 13.1 Å². The quantitative estimate of drug-likeness (QED) is 0.762. The molecular formula is C24H30N2O3. The zero-order valence-electron chi connectivity index (χ0n) is 17.5. The lowest BCUT2D eigenvalue weighted by molar-refractivity contribution is -0.122. The van der Waals surface area contributed by atoms with Gasteiger partial charge >= 0.3 is 0 Å². The molecule has 0 aromatic heterocycles. The van der Waals surface area contributed by atoms with Gasteiger partial charge in [0.05, 0.1) is 11.3 Å². The van der Waals surface area contributed by atoms with Crippen LogP contribution in [0.5, 0.6) is 5.75 Å². The molecule has 154 valence electrons. The normalized spacial score (nSPS) is 15.1. The fraction of sp³-hybridized carbons (Fsp3) is 0.417. The van der Waals surface area contributed by atoms with Crippen molar-refractivity contribution >= 4 is 17.5 Å². The molecule has 5 heteroatoms. The number of nitrogens with one attached hydrogen (secondary N) is 1. The molecule has 2 aromatic carbocycles. The van der Waals surface area contributed by atoms with Crippen molar-refractivity contribution in [3.63, 3.8) is 0 Å². The molecule has 0 saturated carbocycles. The Bertz CT molecular complexity index is 857. The van der Waals surface area contributed by atoms with Gasteiger partial charge in [-0.25, -0.2) is 0 Å². The number of likely N-dealkylation sites (tertiary alicyclic amines) is 1. The fourth-order valence-corrected chi connectivity index (χ4v) is 3.59. The Hall–Kier alpha value is -2.82. The van der Waals surface area contributed by atoms with Gasteiger partial charge in [-0.15, -0.1) is 0 Å². The molecule has 1 aliphatic rings. The van der Waals surface area contributed by atoms with E-state index in [1.54, 1.807) is 19.1 Å². The van der Waals surface area contributed by atoms with E-state index in [1.165, 1.54) is 0 Å². The summed E-state index contributed by atoms with van der Waals surface area (Å²) < 4.78 is 5.95. The van der Waals surface area contributed by atoms with Crippen molar-refractivity contribution in [1.82, 2.24) is 4.90 Å². The van der Waals surface area contributed by atoms with Crippen molar-refractivity contribution in [3.05, 3.63) is 59.7 Å². The SMILES string of the molecule is CC(C)c1ccccc1O[C@H](C)C(=O)Nc1ccccc1C(=O)N1CCCCC1. The first kappa shape index (κ1) is 20.9. The summed E-state index contributed by atoms with van der Waals surface area (Å²) in [6.07, 6.45) is 2.53. The largest absolute Gasteiger partial charge is 0.481 e. The molecule has 3 rings (SSSR count). The van der Waals surface area contributed by atoms with E-state index in [9.17, 15) is 9.59 Å². The molecule has 1 N–H and O–H groups in total. The van der Waals surface area contributed by atoms with Gasteiger partial charge in [-0.1, -0.05) is 44.2 Å². The Labute approximate surface area is 173 Å². The third kappa shape index (κ3) is 5.17. The lowest BCUT2D eigenvalue weighted by atomic mass is 10.0. The number of carbonyl (C=O) groups excluding carboxylic acids is 2. The van der Waals surface area contributed by atoms with Crippen LogP contribution in [0.2, 0.25) is 0 Å². The fourth-order valence-electron chi connectivity index (χ4n) is 3.59. The van der Waals surface area contributed by atoms with Crippen LogP contribution in [0, 0.1) is 0 Å². The van der Waals surface area contributed by atoms with Crippen molar-refractivity contribution in [3.8, 4) is 5.75 Å². The lowest BCUT2D eigenvalue weighted by Gasteiger charge is -2.27. The van der Waals surface area contributed by atoms with Gasteiger partial charge in [-0.3, -0.25) is 9.59 Å². The predicted molar refractivity (Wildman–Crippen MR) is 115 cm³/mol. The summed E-state index contributed by atoms with van der Waals surface area (Å²) >= 11 is 0. The van der Waals surface area contributed by atoms with Gasteiger partial charge in [0.15, 0.2) is 6.10 Å². The highest BCUT2D eigenvalue weighted by atomic mass is 16.5. The number of para-hydroxylation sites is 2. The Morgan fingerprint density at radius 3 is 2.31 bits per heavy atom. The Morgan fingerprint density at radius 2 is 1.59 bits per heavy atom. The molecule has 0 bridgehead atoms. The van der Waals surface area contributed by atoms with Crippen LogP contribution in [0.3, 0.4) is 0 Å². The molecule has 0 spiro atoms. The van der Waals surface area contributed by atoms with E-state index in [1.807, 2.05) is 41.3 Å². The van der Waals surface area contributed by atoms with Crippen molar-refractivity contribution in [2.45, 2.75) is 52.1 Å². The molecule has 2 aromatic rings. The van der Waals surface area contributed by atoms with Crippen LogP contribution in [0.25, 0.3) is 0 Å². The molecule has 29 heavy (non-hydrogen) atoms. The van der Waals surface area contributed by atoms with Crippen molar-refractivity contribution < 1.29 is 14.3 Å². The van der Waals surface area contributed by atoms with Crippen LogP contribution in [0.4, 0.5) is 5.69 Å². The molecule has 5 nitrogen and oxygen atoms in total. The Kier molecular flexibility index (Phi) is 6.91. The van der Waals surface area contributed by atoms with E-state index in [0.29, 0.717) is 22.9 Å². The number of ether oxygens (including phenoxy) is 1. The van der Waals surface area contributed by atoms with Crippen LogP contribution >= 0.6 is 0 Å². The first-order valence-electron chi connectivity index (χ1n) is 10.4. The number of hydrogen-bond acceptors (Lipinski definition) is 3. The number of nitrogens with zero attached hydrogens (tertiary/aromatic N) is 1. The molecule has 0 aliphatic carbocycles. The molecule has 2 amide bonds. The van der Waals surface area contributed by atoms with E-state index in [4.69, 9.17) is 4.74 Å². The van der Waals surface area contributed by atoms with Gasteiger partial charge in [0.25, 0.3) is 11.8 Å². The van der Waals surface area contributed by atoms with Gasteiger partial charge in [-0.2, -0.15) is 0 Å². The first-order chi connectivity index (χ1) is 14.0. The maximum Gasteiger partial charge on any atom is 0.265 e. The summed E-state index contributed by atoms with van der Waals surface area (Å²) in [5.41, 5.74) is 2.12. The molecule has 1 heterocycles. The topological polar surface area (TPSA) is 58.6 Å². The number of piperidine rings is 1. The number of benzene rings is 2. The van der Waals surface area contributed by atoms with Crippen LogP contribution in [0.1, 0.15) is 61.9 Å². The standard InChI is InChI=1S/C24H30N2O3/c1-17(2)19-11-6-8-14-22(19)29-18(3)23(27)25-21-13-7-5-12-20(21)24(28)26-15-9-4-10-16-26/h5-8,11-14,17-18H,4,9-10,15-16H2,1-3H3,(H,25,27)/t18-/m1/s1. The Morgan fingerprint density at radius 1 is 0.931 bits per heavy atom. The third-order valence-corrected chi connectivity index (χ3v) is 5.27. The second-order valence-electron chi connectivity index (χ2n) is 7.84. The van der Waals surface area contributed by atoms with Crippen LogP contribution in [0.15, 0.2) is 48.5 Å². The third-order valence-electron chi connectivity index (χ3n) is 5.27. The average molecular weight is 395 g/mol. The predicted octanol–water partition coefficient (Wildman–Crippen LogP) is 4.84. The molecule has 1 aliphatic heterocycles. The minimum atomic E-state index is -0.687. The minimum Gasteiger partial charge on any atom is -0.481 e. The monoisotopic (exact) mass is 394 g/mol. The van der Waals surface area contributed by atoms with Gasteiger partial charge < -0.3 is 15.0 Å². The summed E-state index contributed by atoms with van der Waals surface area (Å²) in [7, 11) is 0. The molecule has 1 fully saturated rings. The first-order valence-corrected chi connectivity index (χ1v) is 10.4. The average Bonchev–Trinajstić information content (AvgIpc) is 2.74.